The lowest BCUT2D eigenvalue weighted by atomic mass is 10.2. The fourth-order valence-corrected chi connectivity index (χ4v) is 2.95. The maximum Gasteiger partial charge on any atom is 0.0417 e. The van der Waals surface area contributed by atoms with Crippen LogP contribution in [-0.2, 0) is 6.54 Å². The van der Waals surface area contributed by atoms with Crippen LogP contribution in [0.5, 0.6) is 0 Å². The van der Waals surface area contributed by atoms with Crippen molar-refractivity contribution in [3.63, 3.8) is 0 Å². The zero-order valence-electron chi connectivity index (χ0n) is 9.88. The maximum atomic E-state index is 5.91. The topological polar surface area (TPSA) is 15.3 Å². The van der Waals surface area contributed by atoms with Gasteiger partial charge in [0.15, 0.2) is 0 Å². The van der Waals surface area contributed by atoms with E-state index in [9.17, 15) is 0 Å². The predicted molar refractivity (Wildman–Crippen MR) is 76.5 cm³/mol. The second kappa shape index (κ2) is 6.74. The number of nitrogens with one attached hydrogen (secondary N) is 1. The van der Waals surface area contributed by atoms with Crippen molar-refractivity contribution in [3.05, 3.63) is 33.3 Å². The van der Waals surface area contributed by atoms with E-state index in [0.29, 0.717) is 0 Å². The molecule has 1 saturated heterocycles. The van der Waals surface area contributed by atoms with Gasteiger partial charge in [0.1, 0.15) is 0 Å². The summed E-state index contributed by atoms with van der Waals surface area (Å²) in [6, 6.07) is 5.94. The van der Waals surface area contributed by atoms with Gasteiger partial charge in [0, 0.05) is 29.1 Å². The molecule has 1 fully saturated rings. The average Bonchev–Trinajstić information content (AvgIpc) is 2.79. The molecule has 4 heteroatoms. The van der Waals surface area contributed by atoms with Crippen LogP contribution in [0.25, 0.3) is 0 Å². The van der Waals surface area contributed by atoms with Gasteiger partial charge in [-0.2, -0.15) is 0 Å². The van der Waals surface area contributed by atoms with Gasteiger partial charge >= 0.3 is 0 Å². The monoisotopic (exact) mass is 316 g/mol. The summed E-state index contributed by atoms with van der Waals surface area (Å²) in [5.74, 6) is 0. The van der Waals surface area contributed by atoms with Crippen LogP contribution in [-0.4, -0.2) is 31.1 Å². The number of halogens is 2. The summed E-state index contributed by atoms with van der Waals surface area (Å²) in [5, 5.41) is 4.25. The van der Waals surface area contributed by atoms with Crippen LogP contribution in [0.15, 0.2) is 22.7 Å². The van der Waals surface area contributed by atoms with Crippen molar-refractivity contribution in [1.29, 1.82) is 0 Å². The predicted octanol–water partition coefficient (Wildman–Crippen LogP) is 3.29. The largest absolute Gasteiger partial charge is 0.311 e. The SMILES string of the molecule is Clc1ccc(CNCCN2CCCC2)c(Br)c1. The third-order valence-corrected chi connectivity index (χ3v) is 4.11. The Kier molecular flexibility index (Phi) is 5.29. The molecule has 94 valence electrons. The second-order valence-electron chi connectivity index (χ2n) is 4.46. The van der Waals surface area contributed by atoms with E-state index in [0.717, 1.165) is 29.1 Å². The molecule has 1 aromatic carbocycles. The summed E-state index contributed by atoms with van der Waals surface area (Å²) < 4.78 is 1.08. The molecule has 0 atom stereocenters. The summed E-state index contributed by atoms with van der Waals surface area (Å²) >= 11 is 9.44. The standard InChI is InChI=1S/C13H18BrClN2/c14-13-9-12(15)4-3-11(13)10-16-5-8-17-6-1-2-7-17/h3-4,9,16H,1-2,5-8,10H2. The van der Waals surface area contributed by atoms with E-state index in [1.165, 1.54) is 31.5 Å². The van der Waals surface area contributed by atoms with Gasteiger partial charge in [0.2, 0.25) is 0 Å². The van der Waals surface area contributed by atoms with Crippen LogP contribution in [0.3, 0.4) is 0 Å². The number of hydrogen-bond donors (Lipinski definition) is 1. The third-order valence-electron chi connectivity index (χ3n) is 3.13. The highest BCUT2D eigenvalue weighted by Crippen LogP contribution is 2.21. The van der Waals surface area contributed by atoms with E-state index >= 15 is 0 Å². The molecule has 0 spiro atoms. The highest BCUT2D eigenvalue weighted by atomic mass is 79.9. The quantitative estimate of drug-likeness (QED) is 0.838. The van der Waals surface area contributed by atoms with Crippen LogP contribution in [0.1, 0.15) is 18.4 Å². The number of rotatable bonds is 5. The van der Waals surface area contributed by atoms with E-state index < -0.39 is 0 Å². The Bertz CT molecular complexity index is 364. The number of likely N-dealkylation sites (tertiary alicyclic amines) is 1. The molecule has 1 heterocycles. The van der Waals surface area contributed by atoms with Crippen molar-refractivity contribution in [1.82, 2.24) is 10.2 Å². The Morgan fingerprint density at radius 2 is 2.06 bits per heavy atom. The first-order chi connectivity index (χ1) is 8.25. The van der Waals surface area contributed by atoms with Crippen molar-refractivity contribution in [3.8, 4) is 0 Å². The molecule has 0 aromatic heterocycles. The van der Waals surface area contributed by atoms with E-state index in [4.69, 9.17) is 11.6 Å². The zero-order valence-corrected chi connectivity index (χ0v) is 12.2. The molecule has 0 saturated carbocycles. The molecule has 0 radical (unpaired) electrons. The minimum Gasteiger partial charge on any atom is -0.311 e. The van der Waals surface area contributed by atoms with Gasteiger partial charge in [0.05, 0.1) is 0 Å². The summed E-state index contributed by atoms with van der Waals surface area (Å²) in [6.45, 7) is 5.64. The lowest BCUT2D eigenvalue weighted by Gasteiger charge is -2.15. The van der Waals surface area contributed by atoms with Crippen molar-refractivity contribution in [2.45, 2.75) is 19.4 Å². The Hall–Kier alpha value is -0.0900. The van der Waals surface area contributed by atoms with Crippen molar-refractivity contribution < 1.29 is 0 Å². The molecule has 1 aromatic rings. The molecule has 1 N–H and O–H groups in total. The van der Waals surface area contributed by atoms with Crippen LogP contribution in [0.2, 0.25) is 5.02 Å². The fourth-order valence-electron chi connectivity index (χ4n) is 2.13. The summed E-state index contributed by atoms with van der Waals surface area (Å²) in [4.78, 5) is 2.52. The molecule has 0 amide bonds. The Morgan fingerprint density at radius 3 is 2.76 bits per heavy atom. The first kappa shape index (κ1) is 13.3. The number of nitrogens with zero attached hydrogens (tertiary/aromatic N) is 1. The summed E-state index contributed by atoms with van der Waals surface area (Å²) in [6.07, 6.45) is 2.73. The van der Waals surface area contributed by atoms with E-state index in [1.54, 1.807) is 0 Å². The summed E-state index contributed by atoms with van der Waals surface area (Å²) in [7, 11) is 0. The van der Waals surface area contributed by atoms with Crippen LogP contribution in [0.4, 0.5) is 0 Å². The molecule has 1 aliphatic heterocycles. The molecule has 0 unspecified atom stereocenters. The van der Waals surface area contributed by atoms with Gasteiger partial charge in [-0.15, -0.1) is 0 Å². The van der Waals surface area contributed by atoms with Crippen LogP contribution in [0, 0.1) is 0 Å². The van der Waals surface area contributed by atoms with Gasteiger partial charge in [-0.3, -0.25) is 0 Å². The fraction of sp³-hybridized carbons (Fsp3) is 0.538. The van der Waals surface area contributed by atoms with Crippen LogP contribution < -0.4 is 5.32 Å². The zero-order chi connectivity index (χ0) is 12.1. The molecule has 2 nitrogen and oxygen atoms in total. The smallest absolute Gasteiger partial charge is 0.0417 e. The Balaban J connectivity index is 1.70. The third kappa shape index (κ3) is 4.25. The van der Waals surface area contributed by atoms with Crippen molar-refractivity contribution in [2.75, 3.05) is 26.2 Å². The normalized spacial score (nSPS) is 16.6. The minimum atomic E-state index is 0.776. The molecule has 1 aliphatic rings. The Morgan fingerprint density at radius 1 is 1.29 bits per heavy atom. The molecular weight excluding hydrogens is 300 g/mol. The molecular formula is C13H18BrClN2. The average molecular weight is 318 g/mol. The number of hydrogen-bond acceptors (Lipinski definition) is 2. The highest BCUT2D eigenvalue weighted by Gasteiger charge is 2.10. The van der Waals surface area contributed by atoms with Crippen molar-refractivity contribution in [2.24, 2.45) is 0 Å². The first-order valence-electron chi connectivity index (χ1n) is 6.13. The highest BCUT2D eigenvalue weighted by molar-refractivity contribution is 9.10. The van der Waals surface area contributed by atoms with E-state index in [-0.39, 0.29) is 0 Å². The summed E-state index contributed by atoms with van der Waals surface area (Å²) in [5.41, 5.74) is 1.26. The molecule has 17 heavy (non-hydrogen) atoms. The van der Waals surface area contributed by atoms with Gasteiger partial charge in [-0.1, -0.05) is 33.6 Å². The Labute approximate surface area is 116 Å². The van der Waals surface area contributed by atoms with Gasteiger partial charge in [0.25, 0.3) is 0 Å². The molecule has 0 aliphatic carbocycles. The van der Waals surface area contributed by atoms with E-state index in [2.05, 4.69) is 32.2 Å². The van der Waals surface area contributed by atoms with Crippen LogP contribution >= 0.6 is 27.5 Å². The van der Waals surface area contributed by atoms with Gasteiger partial charge in [-0.25, -0.2) is 0 Å². The minimum absolute atomic E-state index is 0.776. The first-order valence-corrected chi connectivity index (χ1v) is 7.30. The maximum absolute atomic E-state index is 5.91. The molecule has 0 bridgehead atoms. The lowest BCUT2D eigenvalue weighted by Crippen LogP contribution is -2.29. The van der Waals surface area contributed by atoms with Gasteiger partial charge < -0.3 is 10.2 Å². The number of benzene rings is 1. The van der Waals surface area contributed by atoms with Gasteiger partial charge in [-0.05, 0) is 43.6 Å². The van der Waals surface area contributed by atoms with E-state index in [1.807, 2.05) is 12.1 Å². The van der Waals surface area contributed by atoms with Crippen molar-refractivity contribution >= 4 is 27.5 Å². The molecule has 2 rings (SSSR count). The second-order valence-corrected chi connectivity index (χ2v) is 5.75. The lowest BCUT2D eigenvalue weighted by molar-refractivity contribution is 0.335.